The highest BCUT2D eigenvalue weighted by Crippen LogP contribution is 2.21. The molecule has 0 aliphatic rings. The van der Waals surface area contributed by atoms with Crippen LogP contribution in [0.5, 0.6) is 0 Å². The minimum absolute atomic E-state index is 0.0882. The number of nitrogens with one attached hydrogen (secondary N) is 1. The third kappa shape index (κ3) is 2.83. The van der Waals surface area contributed by atoms with Gasteiger partial charge in [-0.3, -0.25) is 0 Å². The molecule has 1 aromatic carbocycles. The Labute approximate surface area is 112 Å². The normalized spacial score (nSPS) is 13.8. The van der Waals surface area contributed by atoms with E-state index in [1.807, 2.05) is 38.1 Å². The Morgan fingerprint density at radius 3 is 2.79 bits per heavy atom. The summed E-state index contributed by atoms with van der Waals surface area (Å²) in [6.45, 7) is 4.07. The number of fused-ring (bicyclic) bond motifs is 1. The van der Waals surface area contributed by atoms with Crippen molar-refractivity contribution in [1.29, 1.82) is 5.26 Å². The van der Waals surface area contributed by atoms with Gasteiger partial charge in [-0.25, -0.2) is 4.98 Å². The fraction of sp³-hybridized carbons (Fsp3) is 0.333. The van der Waals surface area contributed by atoms with Gasteiger partial charge in [0.05, 0.1) is 17.1 Å². The maximum atomic E-state index is 9.20. The second kappa shape index (κ2) is 5.68. The molecule has 0 saturated carbocycles. The van der Waals surface area contributed by atoms with Crippen molar-refractivity contribution < 1.29 is 5.11 Å². The van der Waals surface area contributed by atoms with E-state index in [2.05, 4.69) is 16.4 Å². The number of aliphatic hydroxyl groups excluding tert-OH is 1. The lowest BCUT2D eigenvalue weighted by molar-refractivity contribution is 0.226. The van der Waals surface area contributed by atoms with Crippen LogP contribution in [0.25, 0.3) is 10.9 Å². The highest BCUT2D eigenvalue weighted by atomic mass is 16.3. The van der Waals surface area contributed by atoms with E-state index in [-0.39, 0.29) is 18.6 Å². The molecule has 2 unspecified atom stereocenters. The fourth-order valence-electron chi connectivity index (χ4n) is 1.88. The number of aliphatic hydroxyl groups is 1. The van der Waals surface area contributed by atoms with Crippen LogP contribution in [-0.2, 0) is 0 Å². The Morgan fingerprint density at radius 1 is 1.37 bits per heavy atom. The van der Waals surface area contributed by atoms with E-state index in [1.165, 1.54) is 0 Å². The number of hydrogen-bond acceptors (Lipinski definition) is 4. The Kier molecular flexibility index (Phi) is 3.98. The summed E-state index contributed by atoms with van der Waals surface area (Å²) in [4.78, 5) is 4.50. The fourth-order valence-corrected chi connectivity index (χ4v) is 1.88. The van der Waals surface area contributed by atoms with Crippen LogP contribution in [0.3, 0.4) is 0 Å². The summed E-state index contributed by atoms with van der Waals surface area (Å²) in [5, 5.41) is 22.4. The molecule has 2 aromatic rings. The first-order valence-corrected chi connectivity index (χ1v) is 6.33. The number of pyridine rings is 1. The molecule has 2 atom stereocenters. The lowest BCUT2D eigenvalue weighted by Crippen LogP contribution is -2.26. The number of para-hydroxylation sites is 1. The first-order chi connectivity index (χ1) is 9.15. The molecule has 98 valence electrons. The first kappa shape index (κ1) is 13.3. The van der Waals surface area contributed by atoms with Gasteiger partial charge in [-0.1, -0.05) is 25.1 Å². The van der Waals surface area contributed by atoms with Crippen LogP contribution in [0, 0.1) is 17.2 Å². The van der Waals surface area contributed by atoms with Gasteiger partial charge in [-0.05, 0) is 25.0 Å². The molecule has 2 rings (SSSR count). The van der Waals surface area contributed by atoms with Gasteiger partial charge >= 0.3 is 0 Å². The summed E-state index contributed by atoms with van der Waals surface area (Å²) in [5.74, 6) is 0.793. The molecule has 0 bridgehead atoms. The highest BCUT2D eigenvalue weighted by Gasteiger charge is 2.12. The Balaban J connectivity index is 2.38. The molecule has 1 heterocycles. The van der Waals surface area contributed by atoms with Crippen LogP contribution in [0.1, 0.15) is 19.4 Å². The summed E-state index contributed by atoms with van der Waals surface area (Å²) >= 11 is 0. The van der Waals surface area contributed by atoms with Gasteiger partial charge in [-0.2, -0.15) is 5.26 Å². The van der Waals surface area contributed by atoms with Crippen molar-refractivity contribution in [2.24, 2.45) is 5.92 Å². The molecule has 0 aliphatic heterocycles. The van der Waals surface area contributed by atoms with Gasteiger partial charge in [0, 0.05) is 18.0 Å². The number of benzene rings is 1. The van der Waals surface area contributed by atoms with Crippen molar-refractivity contribution in [2.45, 2.75) is 19.9 Å². The maximum Gasteiger partial charge on any atom is 0.128 e. The summed E-state index contributed by atoms with van der Waals surface area (Å²) in [6.07, 6.45) is 0. The zero-order valence-corrected chi connectivity index (χ0v) is 11.1. The van der Waals surface area contributed by atoms with E-state index < -0.39 is 0 Å². The quantitative estimate of drug-likeness (QED) is 0.880. The molecule has 0 saturated heterocycles. The number of anilines is 1. The van der Waals surface area contributed by atoms with Crippen LogP contribution < -0.4 is 5.32 Å². The smallest absolute Gasteiger partial charge is 0.128 e. The minimum Gasteiger partial charge on any atom is -0.396 e. The summed E-state index contributed by atoms with van der Waals surface area (Å²) < 4.78 is 0. The van der Waals surface area contributed by atoms with Crippen LogP contribution in [0.4, 0.5) is 5.82 Å². The second-order valence-corrected chi connectivity index (χ2v) is 4.78. The van der Waals surface area contributed by atoms with Crippen molar-refractivity contribution in [3.05, 3.63) is 35.9 Å². The largest absolute Gasteiger partial charge is 0.396 e. The van der Waals surface area contributed by atoms with E-state index in [0.29, 0.717) is 11.4 Å². The zero-order valence-electron chi connectivity index (χ0n) is 11.1. The third-order valence-electron chi connectivity index (χ3n) is 3.35. The third-order valence-corrected chi connectivity index (χ3v) is 3.35. The average Bonchev–Trinajstić information content (AvgIpc) is 2.45. The summed E-state index contributed by atoms with van der Waals surface area (Å²) in [7, 11) is 0. The Morgan fingerprint density at radius 2 is 2.11 bits per heavy atom. The Bertz CT molecular complexity index is 618. The Hall–Kier alpha value is -2.12. The number of nitriles is 1. The SMILES string of the molecule is CC(CO)C(C)Nc1cc(C#N)c2ccccc2n1. The van der Waals surface area contributed by atoms with Crippen LogP contribution in [0.15, 0.2) is 30.3 Å². The number of hydrogen-bond donors (Lipinski definition) is 2. The van der Waals surface area contributed by atoms with Crippen molar-refractivity contribution >= 4 is 16.7 Å². The molecule has 4 nitrogen and oxygen atoms in total. The van der Waals surface area contributed by atoms with E-state index in [9.17, 15) is 5.26 Å². The van der Waals surface area contributed by atoms with Gasteiger partial charge in [0.25, 0.3) is 0 Å². The maximum absolute atomic E-state index is 9.20. The molecule has 0 amide bonds. The molecule has 0 fully saturated rings. The van der Waals surface area contributed by atoms with Gasteiger partial charge in [0.15, 0.2) is 0 Å². The van der Waals surface area contributed by atoms with Gasteiger partial charge in [0.1, 0.15) is 5.82 Å². The zero-order chi connectivity index (χ0) is 13.8. The van der Waals surface area contributed by atoms with Crippen LogP contribution in [-0.4, -0.2) is 22.7 Å². The second-order valence-electron chi connectivity index (χ2n) is 4.78. The molecule has 1 aromatic heterocycles. The number of nitrogens with zero attached hydrogens (tertiary/aromatic N) is 2. The lowest BCUT2D eigenvalue weighted by atomic mass is 10.0. The van der Waals surface area contributed by atoms with E-state index in [1.54, 1.807) is 6.07 Å². The van der Waals surface area contributed by atoms with E-state index in [0.717, 1.165) is 10.9 Å². The molecule has 0 aliphatic carbocycles. The molecule has 19 heavy (non-hydrogen) atoms. The predicted octanol–water partition coefficient (Wildman–Crippen LogP) is 2.54. The van der Waals surface area contributed by atoms with Crippen LogP contribution in [0.2, 0.25) is 0 Å². The monoisotopic (exact) mass is 255 g/mol. The topological polar surface area (TPSA) is 68.9 Å². The standard InChI is InChI=1S/C15H17N3O/c1-10(9-19)11(2)17-15-7-12(8-16)13-5-3-4-6-14(13)18-15/h3-7,10-11,19H,9H2,1-2H3,(H,17,18). The van der Waals surface area contributed by atoms with Crippen molar-refractivity contribution in [2.75, 3.05) is 11.9 Å². The van der Waals surface area contributed by atoms with E-state index in [4.69, 9.17) is 5.11 Å². The molecular weight excluding hydrogens is 238 g/mol. The van der Waals surface area contributed by atoms with Gasteiger partial charge < -0.3 is 10.4 Å². The summed E-state index contributed by atoms with van der Waals surface area (Å²) in [5.41, 5.74) is 1.41. The predicted molar refractivity (Wildman–Crippen MR) is 75.8 cm³/mol. The molecule has 2 N–H and O–H groups in total. The molecule has 0 radical (unpaired) electrons. The molecular formula is C15H17N3O. The number of rotatable bonds is 4. The van der Waals surface area contributed by atoms with Gasteiger partial charge in [-0.15, -0.1) is 0 Å². The van der Waals surface area contributed by atoms with Crippen LogP contribution >= 0.6 is 0 Å². The van der Waals surface area contributed by atoms with Crippen molar-refractivity contribution in [1.82, 2.24) is 4.98 Å². The first-order valence-electron chi connectivity index (χ1n) is 6.33. The van der Waals surface area contributed by atoms with E-state index >= 15 is 0 Å². The lowest BCUT2D eigenvalue weighted by Gasteiger charge is -2.20. The van der Waals surface area contributed by atoms with Gasteiger partial charge in [0.2, 0.25) is 0 Å². The molecule has 0 spiro atoms. The number of aromatic nitrogens is 1. The minimum atomic E-state index is 0.0882. The average molecular weight is 255 g/mol. The highest BCUT2D eigenvalue weighted by molar-refractivity contribution is 5.86. The van der Waals surface area contributed by atoms with Crippen molar-refractivity contribution in [3.63, 3.8) is 0 Å². The van der Waals surface area contributed by atoms with Crippen molar-refractivity contribution in [3.8, 4) is 6.07 Å². The molecule has 4 heteroatoms. The summed E-state index contributed by atoms with van der Waals surface area (Å²) in [6, 6.07) is 11.6.